The minimum atomic E-state index is -0.556. The summed E-state index contributed by atoms with van der Waals surface area (Å²) in [6.07, 6.45) is 0. The van der Waals surface area contributed by atoms with Crippen molar-refractivity contribution in [2.24, 2.45) is 0 Å². The van der Waals surface area contributed by atoms with Crippen molar-refractivity contribution in [2.45, 2.75) is 0 Å². The number of hydrogen-bond donors (Lipinski definition) is 0. The van der Waals surface area contributed by atoms with Crippen molar-refractivity contribution < 1.29 is 19.1 Å². The predicted octanol–water partition coefficient (Wildman–Crippen LogP) is 3.50. The van der Waals surface area contributed by atoms with Crippen molar-refractivity contribution >= 4 is 27.7 Å². The molecule has 0 unspecified atom stereocenters. The molecule has 0 aliphatic carbocycles. The number of carbonyl (C=O) groups excluding carboxylic acids is 2. The second kappa shape index (κ2) is 7.04. The van der Waals surface area contributed by atoms with Gasteiger partial charge in [-0.15, -0.1) is 0 Å². The van der Waals surface area contributed by atoms with Crippen LogP contribution in [-0.2, 0) is 4.74 Å². The maximum Gasteiger partial charge on any atom is 0.338 e. The fraction of sp³-hybridized carbons (Fsp3) is 0.125. The molecular weight excluding hydrogens is 336 g/mol. The third-order valence-corrected chi connectivity index (χ3v) is 3.33. The Bertz CT molecular complexity index is 650. The lowest BCUT2D eigenvalue weighted by Crippen LogP contribution is -2.14. The average molecular weight is 349 g/mol. The summed E-state index contributed by atoms with van der Waals surface area (Å²) in [5, 5.41) is 0. The first-order valence-corrected chi connectivity index (χ1v) is 6.99. The van der Waals surface area contributed by atoms with Crippen LogP contribution in [0, 0.1) is 0 Å². The van der Waals surface area contributed by atoms with E-state index in [1.807, 2.05) is 0 Å². The molecule has 0 bridgehead atoms. The van der Waals surface area contributed by atoms with E-state index in [-0.39, 0.29) is 12.4 Å². The third-order valence-electron chi connectivity index (χ3n) is 2.81. The van der Waals surface area contributed by atoms with Gasteiger partial charge >= 0.3 is 5.97 Å². The summed E-state index contributed by atoms with van der Waals surface area (Å²) in [4.78, 5) is 23.8. The molecule has 5 heteroatoms. The molecule has 2 aromatic carbocycles. The zero-order chi connectivity index (χ0) is 15.2. The van der Waals surface area contributed by atoms with E-state index in [9.17, 15) is 9.59 Å². The number of rotatable bonds is 5. The molecule has 0 N–H and O–H groups in total. The van der Waals surface area contributed by atoms with Gasteiger partial charge in [0.05, 0.1) is 12.7 Å². The highest BCUT2D eigenvalue weighted by Gasteiger charge is 2.12. The number of benzene rings is 2. The lowest BCUT2D eigenvalue weighted by Gasteiger charge is -2.06. The van der Waals surface area contributed by atoms with Crippen LogP contribution in [0.25, 0.3) is 0 Å². The van der Waals surface area contributed by atoms with E-state index in [1.165, 1.54) is 7.11 Å². The number of hydrogen-bond acceptors (Lipinski definition) is 4. The maximum atomic E-state index is 11.9. The van der Waals surface area contributed by atoms with Crippen LogP contribution in [0.2, 0.25) is 0 Å². The quantitative estimate of drug-likeness (QED) is 0.613. The minimum Gasteiger partial charge on any atom is -0.497 e. The topological polar surface area (TPSA) is 52.6 Å². The van der Waals surface area contributed by atoms with Gasteiger partial charge in [-0.05, 0) is 30.3 Å². The summed E-state index contributed by atoms with van der Waals surface area (Å²) in [5.74, 6) is -0.248. The number of methoxy groups -OCH3 is 1. The van der Waals surface area contributed by atoms with Crippen molar-refractivity contribution in [3.8, 4) is 5.75 Å². The molecule has 0 aliphatic rings. The predicted molar refractivity (Wildman–Crippen MR) is 81.7 cm³/mol. The van der Waals surface area contributed by atoms with E-state index in [4.69, 9.17) is 9.47 Å². The van der Waals surface area contributed by atoms with Gasteiger partial charge in [0.2, 0.25) is 0 Å². The second-order valence-electron chi connectivity index (χ2n) is 4.24. The fourth-order valence-electron chi connectivity index (χ4n) is 1.68. The molecular formula is C16H13BrO4. The van der Waals surface area contributed by atoms with Gasteiger partial charge < -0.3 is 9.47 Å². The largest absolute Gasteiger partial charge is 0.497 e. The van der Waals surface area contributed by atoms with Gasteiger partial charge in [0, 0.05) is 10.0 Å². The van der Waals surface area contributed by atoms with E-state index < -0.39 is 5.97 Å². The molecule has 21 heavy (non-hydrogen) atoms. The van der Waals surface area contributed by atoms with Gasteiger partial charge in [0.25, 0.3) is 0 Å². The minimum absolute atomic E-state index is 0.251. The molecule has 0 fully saturated rings. The van der Waals surface area contributed by atoms with Crippen LogP contribution < -0.4 is 4.74 Å². The van der Waals surface area contributed by atoms with Crippen molar-refractivity contribution in [3.63, 3.8) is 0 Å². The van der Waals surface area contributed by atoms with E-state index >= 15 is 0 Å². The highest BCUT2D eigenvalue weighted by Crippen LogP contribution is 2.14. The molecule has 0 heterocycles. The maximum absolute atomic E-state index is 11.9. The Kier molecular flexibility index (Phi) is 5.11. The monoisotopic (exact) mass is 348 g/mol. The number of ketones is 1. The van der Waals surface area contributed by atoms with Crippen LogP contribution in [0.4, 0.5) is 0 Å². The number of Topliss-reactive ketones (excluding diaryl/α,β-unsaturated/α-hetero) is 1. The first-order chi connectivity index (χ1) is 10.1. The van der Waals surface area contributed by atoms with Gasteiger partial charge in [0.15, 0.2) is 12.4 Å². The Morgan fingerprint density at radius 2 is 1.76 bits per heavy atom. The Balaban J connectivity index is 1.97. The summed E-state index contributed by atoms with van der Waals surface area (Å²) in [7, 11) is 1.52. The number of carbonyl (C=O) groups is 2. The Morgan fingerprint density at radius 3 is 2.43 bits per heavy atom. The molecule has 0 saturated carbocycles. The molecule has 2 aromatic rings. The Morgan fingerprint density at radius 1 is 1.05 bits per heavy atom. The van der Waals surface area contributed by atoms with Crippen LogP contribution in [0.15, 0.2) is 53.0 Å². The SMILES string of the molecule is COc1cccc(C(=O)OCC(=O)c2ccc(Br)cc2)c1. The number of esters is 1. The van der Waals surface area contributed by atoms with Crippen LogP contribution in [0.3, 0.4) is 0 Å². The van der Waals surface area contributed by atoms with Crippen LogP contribution >= 0.6 is 15.9 Å². The molecule has 108 valence electrons. The molecule has 0 aliphatic heterocycles. The summed E-state index contributed by atoms with van der Waals surface area (Å²) in [6.45, 7) is -0.294. The molecule has 0 saturated heterocycles. The summed E-state index contributed by atoms with van der Waals surface area (Å²) in [6, 6.07) is 13.4. The lowest BCUT2D eigenvalue weighted by atomic mass is 10.1. The lowest BCUT2D eigenvalue weighted by molar-refractivity contribution is 0.0474. The number of halogens is 1. The first-order valence-electron chi connectivity index (χ1n) is 6.20. The highest BCUT2D eigenvalue weighted by molar-refractivity contribution is 9.10. The van der Waals surface area contributed by atoms with Crippen molar-refractivity contribution in [3.05, 3.63) is 64.1 Å². The number of ether oxygens (including phenoxy) is 2. The highest BCUT2D eigenvalue weighted by atomic mass is 79.9. The van der Waals surface area contributed by atoms with E-state index in [1.54, 1.807) is 48.5 Å². The average Bonchev–Trinajstić information content (AvgIpc) is 2.53. The van der Waals surface area contributed by atoms with Crippen LogP contribution in [0.1, 0.15) is 20.7 Å². The third kappa shape index (κ3) is 4.16. The molecule has 0 spiro atoms. The summed E-state index contributed by atoms with van der Waals surface area (Å²) < 4.78 is 10.9. The summed E-state index contributed by atoms with van der Waals surface area (Å²) in [5.41, 5.74) is 0.842. The van der Waals surface area contributed by atoms with Gasteiger partial charge in [0.1, 0.15) is 5.75 Å². The van der Waals surface area contributed by atoms with Crippen molar-refractivity contribution in [1.29, 1.82) is 0 Å². The zero-order valence-electron chi connectivity index (χ0n) is 11.3. The molecule has 2 rings (SSSR count). The molecule has 0 amide bonds. The summed E-state index contributed by atoms with van der Waals surface area (Å²) >= 11 is 3.29. The standard InChI is InChI=1S/C16H13BrO4/c1-20-14-4-2-3-12(9-14)16(19)21-10-15(18)11-5-7-13(17)8-6-11/h2-9H,10H2,1H3. The second-order valence-corrected chi connectivity index (χ2v) is 5.15. The van der Waals surface area contributed by atoms with Crippen molar-refractivity contribution in [2.75, 3.05) is 13.7 Å². The first kappa shape index (κ1) is 15.3. The van der Waals surface area contributed by atoms with Gasteiger partial charge in [-0.25, -0.2) is 4.79 Å². The van der Waals surface area contributed by atoms with Gasteiger partial charge in [-0.3, -0.25) is 4.79 Å². The van der Waals surface area contributed by atoms with E-state index in [2.05, 4.69) is 15.9 Å². The van der Waals surface area contributed by atoms with E-state index in [0.717, 1.165) is 4.47 Å². The molecule has 0 atom stereocenters. The van der Waals surface area contributed by atoms with Gasteiger partial charge in [-0.2, -0.15) is 0 Å². The van der Waals surface area contributed by atoms with E-state index in [0.29, 0.717) is 16.9 Å². The Labute approximate surface area is 130 Å². The van der Waals surface area contributed by atoms with Crippen LogP contribution in [0.5, 0.6) is 5.75 Å². The van der Waals surface area contributed by atoms with Crippen molar-refractivity contribution in [1.82, 2.24) is 0 Å². The smallest absolute Gasteiger partial charge is 0.338 e. The fourth-order valence-corrected chi connectivity index (χ4v) is 1.95. The van der Waals surface area contributed by atoms with Crippen LogP contribution in [-0.4, -0.2) is 25.5 Å². The molecule has 4 nitrogen and oxygen atoms in total. The molecule has 0 radical (unpaired) electrons. The van der Waals surface area contributed by atoms with Gasteiger partial charge in [-0.1, -0.05) is 34.1 Å². The molecule has 0 aromatic heterocycles. The zero-order valence-corrected chi connectivity index (χ0v) is 12.9. The normalized spacial score (nSPS) is 10.0. The Hall–Kier alpha value is -2.14.